The van der Waals surface area contributed by atoms with E-state index in [0.29, 0.717) is 18.5 Å². The third-order valence-corrected chi connectivity index (χ3v) is 4.82. The summed E-state index contributed by atoms with van der Waals surface area (Å²) in [5, 5.41) is 11.9. The number of carboxylic acids is 1. The number of hydrogen-bond acceptors (Lipinski definition) is 4. The lowest BCUT2D eigenvalue weighted by Crippen LogP contribution is -2.32. The number of thioether (sulfide) groups is 1. The van der Waals surface area contributed by atoms with Crippen molar-refractivity contribution in [2.45, 2.75) is 31.2 Å². The highest BCUT2D eigenvalue weighted by Gasteiger charge is 2.32. The first-order valence-corrected chi connectivity index (χ1v) is 8.90. The molecule has 6 nitrogen and oxygen atoms in total. The molecule has 0 spiro atoms. The van der Waals surface area contributed by atoms with Crippen LogP contribution in [0.4, 0.5) is 0 Å². The minimum atomic E-state index is -0.863. The van der Waals surface area contributed by atoms with Crippen LogP contribution in [0.15, 0.2) is 29.2 Å². The molecule has 0 bridgehead atoms. The third-order valence-electron chi connectivity index (χ3n) is 3.75. The molecular weight excluding hydrogens is 328 g/mol. The Labute approximate surface area is 145 Å². The molecule has 2 N–H and O–H groups in total. The van der Waals surface area contributed by atoms with E-state index < -0.39 is 11.9 Å². The highest BCUT2D eigenvalue weighted by molar-refractivity contribution is 8.00. The van der Waals surface area contributed by atoms with Crippen molar-refractivity contribution in [2.24, 2.45) is 5.92 Å². The summed E-state index contributed by atoms with van der Waals surface area (Å²) >= 11 is 1.32. The first-order valence-electron chi connectivity index (χ1n) is 7.91. The molecular formula is C17H22N2O4S. The lowest BCUT2D eigenvalue weighted by molar-refractivity contribution is -0.141. The van der Waals surface area contributed by atoms with Crippen molar-refractivity contribution < 1.29 is 19.5 Å². The van der Waals surface area contributed by atoms with Gasteiger partial charge in [0.2, 0.25) is 5.91 Å². The molecule has 2 rings (SSSR count). The molecule has 0 saturated carbocycles. The van der Waals surface area contributed by atoms with E-state index in [0.717, 1.165) is 4.90 Å². The number of hydrogen-bond donors (Lipinski definition) is 2. The minimum Gasteiger partial charge on any atom is -0.481 e. The van der Waals surface area contributed by atoms with Gasteiger partial charge >= 0.3 is 5.97 Å². The van der Waals surface area contributed by atoms with Gasteiger partial charge in [0.15, 0.2) is 0 Å². The summed E-state index contributed by atoms with van der Waals surface area (Å²) in [6.07, 6.45) is 0.479. The summed E-state index contributed by atoms with van der Waals surface area (Å²) in [7, 11) is 0. The van der Waals surface area contributed by atoms with Gasteiger partial charge in [0, 0.05) is 24.0 Å². The molecule has 0 aromatic heterocycles. The predicted octanol–water partition coefficient (Wildman–Crippen LogP) is 1.85. The Morgan fingerprint density at radius 3 is 2.67 bits per heavy atom. The van der Waals surface area contributed by atoms with E-state index in [1.807, 2.05) is 26.0 Å². The maximum absolute atomic E-state index is 12.7. The summed E-state index contributed by atoms with van der Waals surface area (Å²) in [5.74, 6) is -1.38. The van der Waals surface area contributed by atoms with Crippen molar-refractivity contribution >= 4 is 29.5 Å². The summed E-state index contributed by atoms with van der Waals surface area (Å²) in [6.45, 7) is 4.47. The van der Waals surface area contributed by atoms with Gasteiger partial charge in [-0.3, -0.25) is 14.4 Å². The van der Waals surface area contributed by atoms with Crippen molar-refractivity contribution in [3.05, 3.63) is 29.8 Å². The second-order valence-corrected chi connectivity index (χ2v) is 7.10. The normalized spacial score (nSPS) is 17.1. The molecule has 1 saturated heterocycles. The Bertz CT molecular complexity index is 633. The molecule has 1 aliphatic rings. The highest BCUT2D eigenvalue weighted by atomic mass is 32.2. The number of carbonyl (C=O) groups excluding carboxylic acids is 2. The third kappa shape index (κ3) is 4.74. The lowest BCUT2D eigenvalue weighted by Gasteiger charge is -2.18. The van der Waals surface area contributed by atoms with Gasteiger partial charge in [-0.05, 0) is 32.4 Å². The van der Waals surface area contributed by atoms with Crippen LogP contribution < -0.4 is 5.32 Å². The molecule has 130 valence electrons. The molecule has 1 fully saturated rings. The molecule has 0 radical (unpaired) electrons. The van der Waals surface area contributed by atoms with Crippen LogP contribution in [0.5, 0.6) is 0 Å². The van der Waals surface area contributed by atoms with Gasteiger partial charge < -0.3 is 15.3 Å². The highest BCUT2D eigenvalue weighted by Crippen LogP contribution is 2.26. The van der Waals surface area contributed by atoms with Crippen LogP contribution in [0.1, 0.15) is 30.6 Å². The number of likely N-dealkylation sites (tertiary alicyclic amines) is 1. The van der Waals surface area contributed by atoms with Crippen LogP contribution in [-0.4, -0.2) is 52.7 Å². The largest absolute Gasteiger partial charge is 0.481 e. The van der Waals surface area contributed by atoms with Gasteiger partial charge in [0.05, 0.1) is 17.2 Å². The fraction of sp³-hybridized carbons (Fsp3) is 0.471. The van der Waals surface area contributed by atoms with E-state index in [9.17, 15) is 14.4 Å². The van der Waals surface area contributed by atoms with Gasteiger partial charge in [0.1, 0.15) is 0 Å². The molecule has 1 unspecified atom stereocenters. The maximum Gasteiger partial charge on any atom is 0.308 e. The Morgan fingerprint density at radius 2 is 2.04 bits per heavy atom. The van der Waals surface area contributed by atoms with Gasteiger partial charge in [-0.15, -0.1) is 11.8 Å². The van der Waals surface area contributed by atoms with Crippen LogP contribution in [0, 0.1) is 5.92 Å². The number of nitrogens with one attached hydrogen (secondary N) is 1. The molecule has 1 aromatic rings. The Kier molecular flexibility index (Phi) is 6.25. The molecule has 0 aliphatic carbocycles. The Hall–Kier alpha value is -2.02. The minimum absolute atomic E-state index is 0.0764. The monoisotopic (exact) mass is 350 g/mol. The fourth-order valence-corrected chi connectivity index (χ4v) is 3.45. The van der Waals surface area contributed by atoms with E-state index in [4.69, 9.17) is 5.11 Å². The predicted molar refractivity (Wildman–Crippen MR) is 92.1 cm³/mol. The average molecular weight is 350 g/mol. The number of nitrogens with zero attached hydrogens (tertiary/aromatic N) is 1. The van der Waals surface area contributed by atoms with Crippen LogP contribution in [-0.2, 0) is 9.59 Å². The van der Waals surface area contributed by atoms with Gasteiger partial charge in [-0.25, -0.2) is 0 Å². The molecule has 1 aliphatic heterocycles. The van der Waals surface area contributed by atoms with Gasteiger partial charge in [-0.2, -0.15) is 0 Å². The number of carboxylic acid groups (broad SMARTS) is 1. The molecule has 7 heteroatoms. The summed E-state index contributed by atoms with van der Waals surface area (Å²) in [6, 6.07) is 7.21. The fourth-order valence-electron chi connectivity index (χ4n) is 2.59. The number of aliphatic carboxylic acids is 1. The number of benzene rings is 1. The Balaban J connectivity index is 2.04. The van der Waals surface area contributed by atoms with Gasteiger partial charge in [-0.1, -0.05) is 12.1 Å². The smallest absolute Gasteiger partial charge is 0.308 e. The first-order chi connectivity index (χ1) is 11.4. The van der Waals surface area contributed by atoms with Crippen LogP contribution in [0.2, 0.25) is 0 Å². The zero-order valence-electron chi connectivity index (χ0n) is 13.8. The maximum atomic E-state index is 12.7. The zero-order valence-corrected chi connectivity index (χ0v) is 14.6. The number of amides is 2. The SMILES string of the molecule is CC(C)NC(=O)CSc1ccccc1C(=O)N1CCC(C(=O)O)C1. The van der Waals surface area contributed by atoms with E-state index >= 15 is 0 Å². The summed E-state index contributed by atoms with van der Waals surface area (Å²) in [5.41, 5.74) is 0.519. The Morgan fingerprint density at radius 1 is 1.33 bits per heavy atom. The molecule has 1 atom stereocenters. The van der Waals surface area contributed by atoms with Crippen molar-refractivity contribution in [1.82, 2.24) is 10.2 Å². The second-order valence-electron chi connectivity index (χ2n) is 6.08. The second kappa shape index (κ2) is 8.19. The van der Waals surface area contributed by atoms with Crippen molar-refractivity contribution in [2.75, 3.05) is 18.8 Å². The average Bonchev–Trinajstić information content (AvgIpc) is 3.02. The van der Waals surface area contributed by atoms with Crippen molar-refractivity contribution in [3.8, 4) is 0 Å². The summed E-state index contributed by atoms with van der Waals surface area (Å²) < 4.78 is 0. The molecule has 1 aromatic carbocycles. The van der Waals surface area contributed by atoms with E-state index in [1.54, 1.807) is 17.0 Å². The lowest BCUT2D eigenvalue weighted by atomic mass is 10.1. The topological polar surface area (TPSA) is 86.7 Å². The first kappa shape index (κ1) is 18.3. The molecule has 2 amide bonds. The quantitative estimate of drug-likeness (QED) is 0.765. The molecule has 24 heavy (non-hydrogen) atoms. The van der Waals surface area contributed by atoms with Crippen LogP contribution in [0.3, 0.4) is 0 Å². The van der Waals surface area contributed by atoms with Crippen molar-refractivity contribution in [3.63, 3.8) is 0 Å². The zero-order chi connectivity index (χ0) is 17.7. The molecule has 1 heterocycles. The standard InChI is InChI=1S/C17H22N2O4S/c1-11(2)18-15(20)10-24-14-6-4-3-5-13(14)16(21)19-8-7-12(9-19)17(22)23/h3-6,11-12H,7-10H2,1-2H3,(H,18,20)(H,22,23). The van der Waals surface area contributed by atoms with Crippen LogP contribution >= 0.6 is 11.8 Å². The van der Waals surface area contributed by atoms with Crippen LogP contribution in [0.25, 0.3) is 0 Å². The van der Waals surface area contributed by atoms with E-state index in [1.165, 1.54) is 11.8 Å². The van der Waals surface area contributed by atoms with Crippen molar-refractivity contribution in [1.29, 1.82) is 0 Å². The summed E-state index contributed by atoms with van der Waals surface area (Å²) in [4.78, 5) is 37.8. The number of carbonyl (C=O) groups is 3. The van der Waals surface area contributed by atoms with E-state index in [-0.39, 0.29) is 30.2 Å². The van der Waals surface area contributed by atoms with E-state index in [2.05, 4.69) is 5.32 Å². The number of rotatable bonds is 6. The van der Waals surface area contributed by atoms with Gasteiger partial charge in [0.25, 0.3) is 5.91 Å².